The highest BCUT2D eigenvalue weighted by atomic mass is 32.2. The molecule has 0 fully saturated rings. The first kappa shape index (κ1) is 21.5. The van der Waals surface area contributed by atoms with Crippen molar-refractivity contribution in [1.82, 2.24) is 5.32 Å². The Morgan fingerprint density at radius 2 is 1.87 bits per heavy atom. The fourth-order valence-corrected chi connectivity index (χ4v) is 4.17. The summed E-state index contributed by atoms with van der Waals surface area (Å²) in [6.45, 7) is 3.98. The summed E-state index contributed by atoms with van der Waals surface area (Å²) >= 11 is 1.61. The van der Waals surface area contributed by atoms with E-state index in [4.69, 9.17) is 10.00 Å². The molecule has 0 aliphatic heterocycles. The van der Waals surface area contributed by atoms with Crippen molar-refractivity contribution in [2.75, 3.05) is 7.11 Å². The standard InChI is InChI=1S/C25H24N2O2S/c1-17-8-13-23(29-3)22(14-17)18(2)27-25(28)21-6-4-5-7-24(21)30-16-20-11-9-19(15-26)10-12-20/h4-14,18H,16H2,1-3H3,(H,27,28)/t18-/m1/s1. The lowest BCUT2D eigenvalue weighted by Gasteiger charge is -2.19. The van der Waals surface area contributed by atoms with E-state index in [9.17, 15) is 4.79 Å². The number of thioether (sulfide) groups is 1. The molecule has 5 heteroatoms. The van der Waals surface area contributed by atoms with Crippen LogP contribution in [-0.2, 0) is 5.75 Å². The molecule has 0 heterocycles. The second kappa shape index (κ2) is 10.00. The van der Waals surface area contributed by atoms with Crippen LogP contribution in [0.15, 0.2) is 71.6 Å². The monoisotopic (exact) mass is 416 g/mol. The fraction of sp³-hybridized carbons (Fsp3) is 0.200. The highest BCUT2D eigenvalue weighted by Crippen LogP contribution is 2.29. The van der Waals surface area contributed by atoms with Crippen molar-refractivity contribution in [2.24, 2.45) is 0 Å². The van der Waals surface area contributed by atoms with Crippen LogP contribution in [-0.4, -0.2) is 13.0 Å². The van der Waals surface area contributed by atoms with Gasteiger partial charge in [0.25, 0.3) is 5.91 Å². The predicted molar refractivity (Wildman–Crippen MR) is 121 cm³/mol. The normalized spacial score (nSPS) is 11.4. The third kappa shape index (κ3) is 5.22. The molecule has 0 radical (unpaired) electrons. The van der Waals surface area contributed by atoms with Crippen LogP contribution in [0.3, 0.4) is 0 Å². The SMILES string of the molecule is COc1ccc(C)cc1[C@@H](C)NC(=O)c1ccccc1SCc1ccc(C#N)cc1. The van der Waals surface area contributed by atoms with E-state index in [2.05, 4.69) is 11.4 Å². The van der Waals surface area contributed by atoms with Crippen LogP contribution >= 0.6 is 11.8 Å². The van der Waals surface area contributed by atoms with Gasteiger partial charge in [0.1, 0.15) is 5.75 Å². The minimum Gasteiger partial charge on any atom is -0.496 e. The maximum absolute atomic E-state index is 13.0. The first-order chi connectivity index (χ1) is 14.5. The summed E-state index contributed by atoms with van der Waals surface area (Å²) in [6.07, 6.45) is 0. The van der Waals surface area contributed by atoms with Gasteiger partial charge in [0.05, 0.1) is 30.3 Å². The molecule has 1 N–H and O–H groups in total. The summed E-state index contributed by atoms with van der Waals surface area (Å²) in [6, 6.07) is 23.0. The average molecular weight is 417 g/mol. The van der Waals surface area contributed by atoms with Gasteiger partial charge in [-0.1, -0.05) is 42.0 Å². The van der Waals surface area contributed by atoms with Crippen molar-refractivity contribution < 1.29 is 9.53 Å². The zero-order valence-corrected chi connectivity index (χ0v) is 18.1. The van der Waals surface area contributed by atoms with Gasteiger partial charge >= 0.3 is 0 Å². The number of nitrogens with zero attached hydrogens (tertiary/aromatic N) is 1. The number of carbonyl (C=O) groups is 1. The Labute approximate surface area is 181 Å². The molecule has 0 saturated heterocycles. The second-order valence-electron chi connectivity index (χ2n) is 7.03. The third-order valence-corrected chi connectivity index (χ3v) is 5.95. The second-order valence-corrected chi connectivity index (χ2v) is 8.05. The number of carbonyl (C=O) groups excluding carboxylic acids is 1. The highest BCUT2D eigenvalue weighted by Gasteiger charge is 2.17. The van der Waals surface area contributed by atoms with Crippen LogP contribution in [0.1, 0.15) is 45.6 Å². The zero-order chi connectivity index (χ0) is 21.5. The molecule has 0 spiro atoms. The molecule has 4 nitrogen and oxygen atoms in total. The van der Waals surface area contributed by atoms with E-state index < -0.39 is 0 Å². The van der Waals surface area contributed by atoms with Crippen molar-refractivity contribution >= 4 is 17.7 Å². The highest BCUT2D eigenvalue weighted by molar-refractivity contribution is 7.98. The zero-order valence-electron chi connectivity index (χ0n) is 17.3. The minimum absolute atomic E-state index is 0.117. The number of hydrogen-bond donors (Lipinski definition) is 1. The Morgan fingerprint density at radius 3 is 2.57 bits per heavy atom. The number of hydrogen-bond acceptors (Lipinski definition) is 4. The molecule has 0 aliphatic rings. The van der Waals surface area contributed by atoms with Crippen molar-refractivity contribution in [3.63, 3.8) is 0 Å². The topological polar surface area (TPSA) is 62.1 Å². The van der Waals surface area contributed by atoms with Crippen LogP contribution in [0.25, 0.3) is 0 Å². The summed E-state index contributed by atoms with van der Waals surface area (Å²) < 4.78 is 5.46. The van der Waals surface area contributed by atoms with Crippen molar-refractivity contribution in [3.05, 3.63) is 94.5 Å². The molecule has 30 heavy (non-hydrogen) atoms. The molecule has 1 amide bonds. The lowest BCUT2D eigenvalue weighted by molar-refractivity contribution is 0.0936. The van der Waals surface area contributed by atoms with E-state index in [1.54, 1.807) is 18.9 Å². The maximum Gasteiger partial charge on any atom is 0.252 e. The minimum atomic E-state index is -0.191. The van der Waals surface area contributed by atoms with Gasteiger partial charge in [-0.2, -0.15) is 5.26 Å². The number of nitriles is 1. The number of amides is 1. The van der Waals surface area contributed by atoms with Gasteiger partial charge < -0.3 is 10.1 Å². The first-order valence-corrected chi connectivity index (χ1v) is 10.7. The average Bonchev–Trinajstić information content (AvgIpc) is 2.78. The number of ether oxygens (including phenoxy) is 1. The summed E-state index contributed by atoms with van der Waals surface area (Å²) in [5.74, 6) is 1.36. The summed E-state index contributed by atoms with van der Waals surface area (Å²) in [5.41, 5.74) is 4.46. The van der Waals surface area contributed by atoms with Gasteiger partial charge in [0, 0.05) is 16.2 Å². The fourth-order valence-electron chi connectivity index (χ4n) is 3.16. The van der Waals surface area contributed by atoms with Crippen molar-refractivity contribution in [3.8, 4) is 11.8 Å². The predicted octanol–water partition coefficient (Wildman–Crippen LogP) is 5.66. The molecule has 152 valence electrons. The Kier molecular flexibility index (Phi) is 7.16. The van der Waals surface area contributed by atoms with Crippen molar-refractivity contribution in [1.29, 1.82) is 5.26 Å². The van der Waals surface area contributed by atoms with Gasteiger partial charge in [-0.3, -0.25) is 4.79 Å². The number of nitrogens with one attached hydrogen (secondary N) is 1. The Bertz CT molecular complexity index is 1070. The van der Waals surface area contributed by atoms with E-state index in [1.165, 1.54) is 0 Å². The first-order valence-electron chi connectivity index (χ1n) is 9.68. The van der Waals surface area contributed by atoms with Gasteiger partial charge in [0.15, 0.2) is 0 Å². The van der Waals surface area contributed by atoms with E-state index in [0.717, 1.165) is 33.1 Å². The summed E-state index contributed by atoms with van der Waals surface area (Å²) in [5, 5.41) is 12.0. The summed E-state index contributed by atoms with van der Waals surface area (Å²) in [7, 11) is 1.64. The van der Waals surface area contributed by atoms with Crippen LogP contribution in [0.5, 0.6) is 5.75 Å². The van der Waals surface area contributed by atoms with E-state index in [-0.39, 0.29) is 11.9 Å². The molecule has 3 rings (SSSR count). The molecular weight excluding hydrogens is 392 g/mol. The van der Waals surface area contributed by atoms with Gasteiger partial charge in [-0.05, 0) is 49.7 Å². The van der Waals surface area contributed by atoms with Gasteiger partial charge in [-0.25, -0.2) is 0 Å². The molecule has 3 aromatic rings. The Balaban J connectivity index is 1.73. The van der Waals surface area contributed by atoms with Crippen LogP contribution in [0, 0.1) is 18.3 Å². The number of rotatable bonds is 7. The number of methoxy groups -OCH3 is 1. The lowest BCUT2D eigenvalue weighted by atomic mass is 10.0. The third-order valence-electron chi connectivity index (χ3n) is 4.81. The molecule has 1 atom stereocenters. The van der Waals surface area contributed by atoms with Crippen LogP contribution in [0.2, 0.25) is 0 Å². The molecule has 0 saturated carbocycles. The van der Waals surface area contributed by atoms with Crippen molar-refractivity contribution in [2.45, 2.75) is 30.5 Å². The lowest BCUT2D eigenvalue weighted by Crippen LogP contribution is -2.27. The maximum atomic E-state index is 13.0. The quantitative estimate of drug-likeness (QED) is 0.505. The van der Waals surface area contributed by atoms with E-state index in [1.807, 2.05) is 80.6 Å². The number of benzene rings is 3. The largest absolute Gasteiger partial charge is 0.496 e. The molecule has 0 unspecified atom stereocenters. The van der Waals surface area contributed by atoms with Crippen LogP contribution in [0.4, 0.5) is 0 Å². The molecule has 0 aromatic heterocycles. The van der Waals surface area contributed by atoms with Gasteiger partial charge in [-0.15, -0.1) is 11.8 Å². The number of aryl methyl sites for hydroxylation is 1. The Hall–Kier alpha value is -3.23. The van der Waals surface area contributed by atoms with E-state index >= 15 is 0 Å². The molecule has 0 bridgehead atoms. The summed E-state index contributed by atoms with van der Waals surface area (Å²) in [4.78, 5) is 13.9. The molecule has 0 aliphatic carbocycles. The molecular formula is C25H24N2O2S. The van der Waals surface area contributed by atoms with E-state index in [0.29, 0.717) is 11.1 Å². The van der Waals surface area contributed by atoms with Crippen LogP contribution < -0.4 is 10.1 Å². The Morgan fingerprint density at radius 1 is 1.13 bits per heavy atom. The van der Waals surface area contributed by atoms with Gasteiger partial charge in [0.2, 0.25) is 0 Å². The molecule has 3 aromatic carbocycles. The smallest absolute Gasteiger partial charge is 0.252 e.